The van der Waals surface area contributed by atoms with Gasteiger partial charge in [0.1, 0.15) is 24.2 Å². The van der Waals surface area contributed by atoms with Gasteiger partial charge in [0.25, 0.3) is 5.91 Å². The van der Waals surface area contributed by atoms with Crippen molar-refractivity contribution >= 4 is 46.9 Å². The van der Waals surface area contributed by atoms with Crippen molar-refractivity contribution < 1.29 is 19.1 Å². The molecule has 0 radical (unpaired) electrons. The highest BCUT2D eigenvalue weighted by Crippen LogP contribution is 2.45. The Balaban J connectivity index is 1.49. The second-order valence-corrected chi connectivity index (χ2v) is 12.2. The number of amidine groups is 1. The van der Waals surface area contributed by atoms with Crippen LogP contribution in [0.4, 0.5) is 4.79 Å². The minimum Gasteiger partial charge on any atom is -0.493 e. The SMILES string of the molecule is CCOc1cc(C(=O)N2CCCCC2)ccc1C1=N[C@@H](c2ccc(Cl)cc2)[C@@H](c2ccc(Cl)cc2)N1C(=O)N1CCNC(=O)C1. The molecule has 3 heterocycles. The second kappa shape index (κ2) is 13.5. The fraction of sp³-hybridized carbons (Fsp3) is 0.353. The number of nitrogens with one attached hydrogen (secondary N) is 1. The molecular formula is C34H35Cl2N5O4. The van der Waals surface area contributed by atoms with Crippen molar-refractivity contribution in [2.45, 2.75) is 38.3 Å². The Morgan fingerprint density at radius 2 is 1.56 bits per heavy atom. The predicted octanol–water partition coefficient (Wildman–Crippen LogP) is 6.11. The zero-order valence-electron chi connectivity index (χ0n) is 25.0. The molecule has 6 rings (SSSR count). The van der Waals surface area contributed by atoms with Crippen molar-refractivity contribution in [2.75, 3.05) is 39.3 Å². The summed E-state index contributed by atoms with van der Waals surface area (Å²) in [6.45, 7) is 4.33. The third kappa shape index (κ3) is 6.51. The topological polar surface area (TPSA) is 94.6 Å². The maximum absolute atomic E-state index is 14.5. The van der Waals surface area contributed by atoms with Crippen LogP contribution in [-0.2, 0) is 4.79 Å². The van der Waals surface area contributed by atoms with E-state index in [4.69, 9.17) is 32.9 Å². The molecule has 3 aromatic carbocycles. The molecule has 2 saturated heterocycles. The van der Waals surface area contributed by atoms with Crippen LogP contribution in [0.15, 0.2) is 71.7 Å². The van der Waals surface area contributed by atoms with E-state index in [1.807, 2.05) is 42.2 Å². The van der Waals surface area contributed by atoms with Crippen LogP contribution in [0.2, 0.25) is 10.0 Å². The highest BCUT2D eigenvalue weighted by molar-refractivity contribution is 6.30. The first kappa shape index (κ1) is 30.9. The first-order valence-electron chi connectivity index (χ1n) is 15.3. The van der Waals surface area contributed by atoms with E-state index in [0.717, 1.165) is 43.5 Å². The molecule has 3 aliphatic rings. The molecule has 0 aliphatic carbocycles. The van der Waals surface area contributed by atoms with Crippen molar-refractivity contribution in [1.82, 2.24) is 20.0 Å². The number of benzene rings is 3. The van der Waals surface area contributed by atoms with Crippen molar-refractivity contribution in [1.29, 1.82) is 0 Å². The summed E-state index contributed by atoms with van der Waals surface area (Å²) < 4.78 is 6.13. The molecule has 0 bridgehead atoms. The molecule has 9 nitrogen and oxygen atoms in total. The number of hydrogen-bond donors (Lipinski definition) is 1. The highest BCUT2D eigenvalue weighted by atomic mass is 35.5. The number of piperazine rings is 1. The van der Waals surface area contributed by atoms with E-state index in [-0.39, 0.29) is 24.4 Å². The van der Waals surface area contributed by atoms with Crippen LogP contribution in [0.5, 0.6) is 5.75 Å². The number of rotatable bonds is 6. The summed E-state index contributed by atoms with van der Waals surface area (Å²) in [4.78, 5) is 50.6. The Morgan fingerprint density at radius 1 is 0.889 bits per heavy atom. The maximum Gasteiger partial charge on any atom is 0.326 e. The summed E-state index contributed by atoms with van der Waals surface area (Å²) in [6, 6.07) is 18.7. The van der Waals surface area contributed by atoms with Crippen LogP contribution in [-0.4, -0.2) is 77.7 Å². The second-order valence-electron chi connectivity index (χ2n) is 11.4. The number of hydrogen-bond acceptors (Lipinski definition) is 5. The Hall–Kier alpha value is -4.08. The van der Waals surface area contributed by atoms with Crippen LogP contribution in [0.25, 0.3) is 0 Å². The van der Waals surface area contributed by atoms with Gasteiger partial charge in [-0.25, -0.2) is 4.79 Å². The van der Waals surface area contributed by atoms with E-state index in [0.29, 0.717) is 52.5 Å². The van der Waals surface area contributed by atoms with Gasteiger partial charge in [-0.05, 0) is 79.8 Å². The van der Waals surface area contributed by atoms with Crippen molar-refractivity contribution in [3.8, 4) is 5.75 Å². The molecule has 234 valence electrons. The average molecular weight is 649 g/mol. The number of aliphatic imine (C=N–C) groups is 1. The summed E-state index contributed by atoms with van der Waals surface area (Å²) in [5, 5.41) is 3.95. The average Bonchev–Trinajstić information content (AvgIpc) is 3.45. The molecule has 2 atom stereocenters. The van der Waals surface area contributed by atoms with E-state index in [2.05, 4.69) is 5.32 Å². The molecule has 11 heteroatoms. The number of piperidine rings is 1. The number of ether oxygens (including phenoxy) is 1. The number of nitrogens with zero attached hydrogens (tertiary/aromatic N) is 4. The zero-order valence-corrected chi connectivity index (χ0v) is 26.6. The standard InChI is InChI=1S/C34H35Cl2N5O4/c1-2-45-28-20-24(33(43)39-17-4-3-5-18-39)10-15-27(28)32-38-30(22-6-11-25(35)12-7-22)31(23-8-13-26(36)14-9-23)41(32)34(44)40-19-16-37-29(42)21-40/h6-15,20,30-31H,2-5,16-19,21H2,1H3,(H,37,42)/t30-,31+/m0/s1. The normalized spacial score (nSPS) is 20.1. The Bertz CT molecular complexity index is 1610. The molecule has 3 aromatic rings. The lowest BCUT2D eigenvalue weighted by molar-refractivity contribution is -0.123. The molecule has 0 spiro atoms. The molecule has 0 aromatic heterocycles. The first-order valence-corrected chi connectivity index (χ1v) is 16.1. The number of amides is 4. The fourth-order valence-electron chi connectivity index (χ4n) is 6.20. The van der Waals surface area contributed by atoms with E-state index in [1.165, 1.54) is 4.90 Å². The highest BCUT2D eigenvalue weighted by Gasteiger charge is 2.45. The van der Waals surface area contributed by atoms with Gasteiger partial charge in [-0.15, -0.1) is 0 Å². The van der Waals surface area contributed by atoms with Gasteiger partial charge in [0, 0.05) is 41.8 Å². The first-order chi connectivity index (χ1) is 21.8. The van der Waals surface area contributed by atoms with Crippen LogP contribution in [0.3, 0.4) is 0 Å². The molecule has 4 amide bonds. The summed E-state index contributed by atoms with van der Waals surface area (Å²) in [5.74, 6) is 0.590. The monoisotopic (exact) mass is 647 g/mol. The van der Waals surface area contributed by atoms with Crippen molar-refractivity contribution in [2.24, 2.45) is 4.99 Å². The van der Waals surface area contributed by atoms with Crippen LogP contribution in [0.1, 0.15) is 65.3 Å². The third-order valence-corrected chi connectivity index (χ3v) is 8.92. The van der Waals surface area contributed by atoms with Crippen molar-refractivity contribution in [3.05, 3.63) is 99.0 Å². The van der Waals surface area contributed by atoms with Gasteiger partial charge in [0.2, 0.25) is 5.91 Å². The minimum absolute atomic E-state index is 0.0408. The van der Waals surface area contributed by atoms with Gasteiger partial charge >= 0.3 is 6.03 Å². The number of likely N-dealkylation sites (tertiary alicyclic amines) is 1. The Kier molecular flexibility index (Phi) is 9.28. The van der Waals surface area contributed by atoms with Crippen LogP contribution >= 0.6 is 23.2 Å². The van der Waals surface area contributed by atoms with Crippen LogP contribution in [0, 0.1) is 0 Å². The minimum atomic E-state index is -0.569. The molecule has 0 saturated carbocycles. The maximum atomic E-state index is 14.5. The van der Waals surface area contributed by atoms with Gasteiger partial charge < -0.3 is 19.9 Å². The lowest BCUT2D eigenvalue weighted by Gasteiger charge is -2.36. The molecule has 3 aliphatic heterocycles. The summed E-state index contributed by atoms with van der Waals surface area (Å²) in [7, 11) is 0. The molecule has 0 unspecified atom stereocenters. The number of halogens is 2. The molecule has 45 heavy (non-hydrogen) atoms. The van der Waals surface area contributed by atoms with E-state index < -0.39 is 12.1 Å². The number of carbonyl (C=O) groups excluding carboxylic acids is 3. The summed E-state index contributed by atoms with van der Waals surface area (Å²) in [5.41, 5.74) is 2.79. The largest absolute Gasteiger partial charge is 0.493 e. The lowest BCUT2D eigenvalue weighted by Crippen LogP contribution is -2.55. The zero-order chi connectivity index (χ0) is 31.5. The fourth-order valence-corrected chi connectivity index (χ4v) is 6.46. The quantitative estimate of drug-likeness (QED) is 0.349. The number of urea groups is 1. The van der Waals surface area contributed by atoms with Gasteiger partial charge in [-0.2, -0.15) is 0 Å². The lowest BCUT2D eigenvalue weighted by atomic mass is 9.93. The van der Waals surface area contributed by atoms with E-state index in [9.17, 15) is 14.4 Å². The third-order valence-electron chi connectivity index (χ3n) is 8.42. The van der Waals surface area contributed by atoms with E-state index in [1.54, 1.807) is 41.3 Å². The molecular weight excluding hydrogens is 613 g/mol. The Labute approximate surface area is 272 Å². The predicted molar refractivity (Wildman–Crippen MR) is 174 cm³/mol. The van der Waals surface area contributed by atoms with Crippen molar-refractivity contribution in [3.63, 3.8) is 0 Å². The summed E-state index contributed by atoms with van der Waals surface area (Å²) >= 11 is 12.5. The molecule has 2 fully saturated rings. The van der Waals surface area contributed by atoms with Gasteiger partial charge in [-0.1, -0.05) is 47.5 Å². The van der Waals surface area contributed by atoms with E-state index >= 15 is 0 Å². The van der Waals surface area contributed by atoms with Gasteiger partial charge in [0.05, 0.1) is 18.2 Å². The van der Waals surface area contributed by atoms with Gasteiger partial charge in [-0.3, -0.25) is 19.5 Å². The molecule has 1 N–H and O–H groups in total. The number of carbonyl (C=O) groups is 3. The summed E-state index contributed by atoms with van der Waals surface area (Å²) in [6.07, 6.45) is 3.10. The Morgan fingerprint density at radius 3 is 2.20 bits per heavy atom. The smallest absolute Gasteiger partial charge is 0.326 e. The van der Waals surface area contributed by atoms with Crippen LogP contribution < -0.4 is 10.1 Å². The van der Waals surface area contributed by atoms with Gasteiger partial charge in [0.15, 0.2) is 0 Å².